The Bertz CT molecular complexity index is 513. The minimum atomic E-state index is -0.276. The van der Waals surface area contributed by atoms with E-state index < -0.39 is 0 Å². The maximum atomic E-state index is 12.1. The molecule has 0 spiro atoms. The number of rotatable bonds is 3. The van der Waals surface area contributed by atoms with Crippen LogP contribution in [0.4, 0.5) is 5.69 Å². The summed E-state index contributed by atoms with van der Waals surface area (Å²) in [5.74, 6) is -0.350. The summed E-state index contributed by atoms with van der Waals surface area (Å²) in [7, 11) is 1.54. The van der Waals surface area contributed by atoms with Gasteiger partial charge in [0.05, 0.1) is 16.6 Å². The van der Waals surface area contributed by atoms with E-state index in [0.29, 0.717) is 16.3 Å². The zero-order valence-electron chi connectivity index (χ0n) is 11.3. The monoisotopic (exact) mass is 295 g/mol. The van der Waals surface area contributed by atoms with Crippen LogP contribution < -0.4 is 16.0 Å². The van der Waals surface area contributed by atoms with E-state index in [1.165, 1.54) is 7.05 Å². The summed E-state index contributed by atoms with van der Waals surface area (Å²) in [5.41, 5.74) is 0.925. The van der Waals surface area contributed by atoms with Gasteiger partial charge < -0.3 is 16.0 Å². The van der Waals surface area contributed by atoms with E-state index >= 15 is 0 Å². The molecule has 1 atom stereocenters. The minimum Gasteiger partial charge on any atom is -0.355 e. The third-order valence-corrected chi connectivity index (χ3v) is 3.66. The first-order chi connectivity index (χ1) is 9.61. The van der Waals surface area contributed by atoms with Crippen molar-refractivity contribution in [2.75, 3.05) is 18.9 Å². The molecule has 0 saturated carbocycles. The molecule has 6 heteroatoms. The third-order valence-electron chi connectivity index (χ3n) is 3.33. The quantitative estimate of drug-likeness (QED) is 0.796. The van der Waals surface area contributed by atoms with Gasteiger partial charge in [0, 0.05) is 12.7 Å². The molecule has 0 bridgehead atoms. The van der Waals surface area contributed by atoms with E-state index in [0.717, 1.165) is 25.8 Å². The summed E-state index contributed by atoms with van der Waals surface area (Å²) in [6.07, 6.45) is 2.99. The molecule has 1 aliphatic rings. The molecule has 1 aromatic carbocycles. The van der Waals surface area contributed by atoms with Crippen molar-refractivity contribution in [1.82, 2.24) is 10.6 Å². The molecular weight excluding hydrogens is 278 g/mol. The topological polar surface area (TPSA) is 70.2 Å². The Balaban J connectivity index is 2.09. The molecule has 3 N–H and O–H groups in total. The van der Waals surface area contributed by atoms with Gasteiger partial charge in [-0.05, 0) is 37.6 Å². The molecule has 0 aromatic heterocycles. The average molecular weight is 296 g/mol. The lowest BCUT2D eigenvalue weighted by Gasteiger charge is -2.22. The van der Waals surface area contributed by atoms with Crippen molar-refractivity contribution in [3.8, 4) is 0 Å². The summed E-state index contributed by atoms with van der Waals surface area (Å²) in [4.78, 5) is 23.7. The van der Waals surface area contributed by atoms with Crippen LogP contribution in [0.3, 0.4) is 0 Å². The second-order valence-corrected chi connectivity index (χ2v) is 5.17. The van der Waals surface area contributed by atoms with E-state index in [1.54, 1.807) is 18.2 Å². The highest BCUT2D eigenvalue weighted by atomic mass is 35.5. The van der Waals surface area contributed by atoms with Gasteiger partial charge in [0.1, 0.15) is 0 Å². The third kappa shape index (κ3) is 3.49. The smallest absolute Gasteiger partial charge is 0.252 e. The summed E-state index contributed by atoms with van der Waals surface area (Å²) in [6, 6.07) is 4.72. The Morgan fingerprint density at radius 3 is 2.80 bits per heavy atom. The number of benzene rings is 1. The summed E-state index contributed by atoms with van der Waals surface area (Å²) in [6.45, 7) is 0.863. The van der Waals surface area contributed by atoms with Gasteiger partial charge in [0.2, 0.25) is 5.91 Å². The molecule has 2 rings (SSSR count). The molecule has 0 aliphatic carbocycles. The second-order valence-electron chi connectivity index (χ2n) is 4.77. The molecule has 0 radical (unpaired) electrons. The summed E-state index contributed by atoms with van der Waals surface area (Å²) < 4.78 is 0. The van der Waals surface area contributed by atoms with Gasteiger partial charge in [-0.1, -0.05) is 18.0 Å². The van der Waals surface area contributed by atoms with Gasteiger partial charge in [-0.15, -0.1) is 0 Å². The summed E-state index contributed by atoms with van der Waals surface area (Å²) >= 11 is 5.97. The number of nitrogens with one attached hydrogen (secondary N) is 3. The Morgan fingerprint density at radius 1 is 1.35 bits per heavy atom. The molecule has 1 saturated heterocycles. The standard InChI is InChI=1S/C14H18ClN3O2/c1-16-13(19)10-8-9(5-6-11(10)15)18-14(20)12-4-2-3-7-17-12/h5-6,8,12,17H,2-4,7H2,1H3,(H,16,19)(H,18,20)/t12-/m0/s1. The number of anilines is 1. The van der Waals surface area contributed by atoms with Crippen LogP contribution in [0.2, 0.25) is 5.02 Å². The van der Waals surface area contributed by atoms with Gasteiger partial charge in [-0.25, -0.2) is 0 Å². The van der Waals surface area contributed by atoms with Gasteiger partial charge in [0.25, 0.3) is 5.91 Å². The highest BCUT2D eigenvalue weighted by Crippen LogP contribution is 2.21. The Hall–Kier alpha value is -1.59. The number of carbonyl (C=O) groups excluding carboxylic acids is 2. The van der Waals surface area contributed by atoms with E-state index in [9.17, 15) is 9.59 Å². The van der Waals surface area contributed by atoms with Crippen molar-refractivity contribution in [3.05, 3.63) is 28.8 Å². The molecule has 1 heterocycles. The van der Waals surface area contributed by atoms with Crippen LogP contribution in [0.5, 0.6) is 0 Å². The van der Waals surface area contributed by atoms with E-state index in [4.69, 9.17) is 11.6 Å². The lowest BCUT2D eigenvalue weighted by atomic mass is 10.0. The fourth-order valence-corrected chi connectivity index (χ4v) is 2.42. The van der Waals surface area contributed by atoms with Crippen molar-refractivity contribution < 1.29 is 9.59 Å². The van der Waals surface area contributed by atoms with Crippen molar-refractivity contribution in [3.63, 3.8) is 0 Å². The number of halogens is 1. The normalized spacial score (nSPS) is 18.4. The SMILES string of the molecule is CNC(=O)c1cc(NC(=O)[C@@H]2CCCCN2)ccc1Cl. The molecule has 108 valence electrons. The number of carbonyl (C=O) groups is 2. The number of hydrogen-bond acceptors (Lipinski definition) is 3. The first-order valence-corrected chi connectivity index (χ1v) is 7.05. The van der Waals surface area contributed by atoms with E-state index in [1.807, 2.05) is 0 Å². The molecule has 1 aromatic rings. The first-order valence-electron chi connectivity index (χ1n) is 6.67. The van der Waals surface area contributed by atoms with Crippen LogP contribution in [0.1, 0.15) is 29.6 Å². The lowest BCUT2D eigenvalue weighted by molar-refractivity contribution is -0.118. The molecule has 2 amide bonds. The zero-order valence-corrected chi connectivity index (χ0v) is 12.1. The van der Waals surface area contributed by atoms with Crippen LogP contribution in [-0.4, -0.2) is 31.4 Å². The highest BCUT2D eigenvalue weighted by Gasteiger charge is 2.20. The maximum Gasteiger partial charge on any atom is 0.252 e. The molecule has 5 nitrogen and oxygen atoms in total. The maximum absolute atomic E-state index is 12.1. The number of piperidine rings is 1. The Morgan fingerprint density at radius 2 is 2.15 bits per heavy atom. The molecular formula is C14H18ClN3O2. The highest BCUT2D eigenvalue weighted by molar-refractivity contribution is 6.34. The van der Waals surface area contributed by atoms with Crippen LogP contribution >= 0.6 is 11.6 Å². The minimum absolute atomic E-state index is 0.0742. The lowest BCUT2D eigenvalue weighted by Crippen LogP contribution is -2.43. The van der Waals surface area contributed by atoms with Crippen LogP contribution in [0, 0.1) is 0 Å². The van der Waals surface area contributed by atoms with Gasteiger partial charge in [-0.3, -0.25) is 9.59 Å². The van der Waals surface area contributed by atoms with Crippen molar-refractivity contribution in [2.24, 2.45) is 0 Å². The van der Waals surface area contributed by atoms with Crippen LogP contribution in [-0.2, 0) is 4.79 Å². The number of amides is 2. The molecule has 20 heavy (non-hydrogen) atoms. The predicted molar refractivity (Wildman–Crippen MR) is 79.1 cm³/mol. The molecule has 1 aliphatic heterocycles. The zero-order chi connectivity index (χ0) is 14.5. The Labute approximate surface area is 123 Å². The average Bonchev–Trinajstić information content (AvgIpc) is 2.49. The second kappa shape index (κ2) is 6.72. The first kappa shape index (κ1) is 14.8. The van der Waals surface area contributed by atoms with E-state index in [2.05, 4.69) is 16.0 Å². The van der Waals surface area contributed by atoms with Crippen molar-refractivity contribution in [1.29, 1.82) is 0 Å². The van der Waals surface area contributed by atoms with Crippen molar-refractivity contribution in [2.45, 2.75) is 25.3 Å². The summed E-state index contributed by atoms with van der Waals surface area (Å²) in [5, 5.41) is 8.88. The van der Waals surface area contributed by atoms with Crippen LogP contribution in [0.15, 0.2) is 18.2 Å². The van der Waals surface area contributed by atoms with E-state index in [-0.39, 0.29) is 17.9 Å². The van der Waals surface area contributed by atoms with Crippen molar-refractivity contribution >= 4 is 29.1 Å². The van der Waals surface area contributed by atoms with Gasteiger partial charge in [-0.2, -0.15) is 0 Å². The predicted octanol–water partition coefficient (Wildman–Crippen LogP) is 1.78. The molecule has 1 fully saturated rings. The largest absolute Gasteiger partial charge is 0.355 e. The molecule has 0 unspecified atom stereocenters. The number of hydrogen-bond donors (Lipinski definition) is 3. The van der Waals surface area contributed by atoms with Crippen LogP contribution in [0.25, 0.3) is 0 Å². The fourth-order valence-electron chi connectivity index (χ4n) is 2.22. The Kier molecular flexibility index (Phi) is 4.98. The van der Waals surface area contributed by atoms with Gasteiger partial charge in [0.15, 0.2) is 0 Å². The fraction of sp³-hybridized carbons (Fsp3) is 0.429. The van der Waals surface area contributed by atoms with Gasteiger partial charge >= 0.3 is 0 Å².